The summed E-state index contributed by atoms with van der Waals surface area (Å²) in [5, 5.41) is 0. The van der Waals surface area contributed by atoms with Crippen molar-refractivity contribution in [2.45, 2.75) is 32.6 Å². The van der Waals surface area contributed by atoms with Gasteiger partial charge in [-0.3, -0.25) is 0 Å². The highest BCUT2D eigenvalue weighted by Gasteiger charge is 2.26. The Morgan fingerprint density at radius 1 is 1.33 bits per heavy atom. The summed E-state index contributed by atoms with van der Waals surface area (Å²) in [6, 6.07) is 8.90. The SMILES string of the molecule is CCC1c2ccccc2CC1C. The first kappa shape index (κ1) is 7.85. The van der Waals surface area contributed by atoms with Crippen LogP contribution in [0.15, 0.2) is 24.3 Å². The minimum atomic E-state index is 0.821. The van der Waals surface area contributed by atoms with Gasteiger partial charge in [0.1, 0.15) is 0 Å². The van der Waals surface area contributed by atoms with E-state index in [-0.39, 0.29) is 0 Å². The van der Waals surface area contributed by atoms with E-state index in [1.165, 1.54) is 12.8 Å². The maximum absolute atomic E-state index is 2.37. The lowest BCUT2D eigenvalue weighted by atomic mass is 9.92. The molecule has 0 aromatic heterocycles. The molecule has 1 aromatic carbocycles. The van der Waals surface area contributed by atoms with Crippen molar-refractivity contribution in [3.63, 3.8) is 0 Å². The maximum Gasteiger partial charge on any atom is -0.0133 e. The first-order chi connectivity index (χ1) is 5.83. The average Bonchev–Trinajstić information content (AvgIpc) is 2.40. The summed E-state index contributed by atoms with van der Waals surface area (Å²) in [4.78, 5) is 0. The van der Waals surface area contributed by atoms with E-state index in [1.807, 2.05) is 0 Å². The molecule has 0 bridgehead atoms. The van der Waals surface area contributed by atoms with E-state index in [0.29, 0.717) is 0 Å². The summed E-state index contributed by atoms with van der Waals surface area (Å²) < 4.78 is 0. The molecule has 2 unspecified atom stereocenters. The summed E-state index contributed by atoms with van der Waals surface area (Å²) in [6.45, 7) is 4.66. The van der Waals surface area contributed by atoms with Gasteiger partial charge in [-0.25, -0.2) is 0 Å². The first-order valence-corrected chi connectivity index (χ1v) is 4.90. The van der Waals surface area contributed by atoms with Crippen molar-refractivity contribution in [2.24, 2.45) is 5.92 Å². The molecule has 1 aliphatic carbocycles. The Kier molecular flexibility index (Phi) is 1.92. The van der Waals surface area contributed by atoms with Gasteiger partial charge in [-0.05, 0) is 35.8 Å². The fraction of sp³-hybridized carbons (Fsp3) is 0.500. The molecule has 1 aliphatic rings. The minimum absolute atomic E-state index is 0.821. The highest BCUT2D eigenvalue weighted by Crippen LogP contribution is 2.39. The van der Waals surface area contributed by atoms with Gasteiger partial charge in [-0.1, -0.05) is 38.1 Å². The van der Waals surface area contributed by atoms with Crippen LogP contribution in [0.25, 0.3) is 0 Å². The number of hydrogen-bond acceptors (Lipinski definition) is 0. The van der Waals surface area contributed by atoms with Crippen LogP contribution >= 0.6 is 0 Å². The van der Waals surface area contributed by atoms with Crippen LogP contribution in [0.2, 0.25) is 0 Å². The van der Waals surface area contributed by atoms with Crippen molar-refractivity contribution < 1.29 is 0 Å². The molecule has 1 aromatic rings. The number of benzene rings is 1. The second kappa shape index (κ2) is 2.93. The molecule has 0 heterocycles. The van der Waals surface area contributed by atoms with Gasteiger partial charge in [0.15, 0.2) is 0 Å². The Morgan fingerprint density at radius 2 is 2.08 bits per heavy atom. The second-order valence-electron chi connectivity index (χ2n) is 3.89. The normalized spacial score (nSPS) is 27.2. The largest absolute Gasteiger partial charge is 0.0648 e. The molecular weight excluding hydrogens is 144 g/mol. The van der Waals surface area contributed by atoms with Gasteiger partial charge < -0.3 is 0 Å². The van der Waals surface area contributed by atoms with Crippen molar-refractivity contribution >= 4 is 0 Å². The quantitative estimate of drug-likeness (QED) is 0.591. The predicted molar refractivity (Wildman–Crippen MR) is 52.3 cm³/mol. The third-order valence-corrected chi connectivity index (χ3v) is 3.12. The van der Waals surface area contributed by atoms with Crippen LogP contribution < -0.4 is 0 Å². The summed E-state index contributed by atoms with van der Waals surface area (Å²) in [6.07, 6.45) is 2.58. The Balaban J connectivity index is 2.40. The molecule has 0 saturated carbocycles. The molecule has 0 fully saturated rings. The number of hydrogen-bond donors (Lipinski definition) is 0. The van der Waals surface area contributed by atoms with Crippen molar-refractivity contribution in [3.05, 3.63) is 35.4 Å². The molecule has 2 atom stereocenters. The fourth-order valence-electron chi connectivity index (χ4n) is 2.50. The van der Waals surface area contributed by atoms with E-state index < -0.39 is 0 Å². The van der Waals surface area contributed by atoms with Crippen molar-refractivity contribution in [1.82, 2.24) is 0 Å². The molecule has 0 spiro atoms. The zero-order chi connectivity index (χ0) is 8.55. The smallest absolute Gasteiger partial charge is 0.0133 e. The lowest BCUT2D eigenvalue weighted by Gasteiger charge is -2.13. The van der Waals surface area contributed by atoms with Crippen LogP contribution in [0.4, 0.5) is 0 Å². The molecule has 0 saturated heterocycles. The Labute approximate surface area is 74.6 Å². The summed E-state index contributed by atoms with van der Waals surface area (Å²) in [7, 11) is 0. The lowest BCUT2D eigenvalue weighted by molar-refractivity contribution is 0.486. The zero-order valence-corrected chi connectivity index (χ0v) is 7.88. The minimum Gasteiger partial charge on any atom is -0.0648 e. The number of fused-ring (bicyclic) bond motifs is 1. The summed E-state index contributed by atoms with van der Waals surface area (Å²) in [5.74, 6) is 1.67. The second-order valence-corrected chi connectivity index (χ2v) is 3.89. The van der Waals surface area contributed by atoms with E-state index in [1.54, 1.807) is 11.1 Å². The van der Waals surface area contributed by atoms with E-state index in [0.717, 1.165) is 11.8 Å². The van der Waals surface area contributed by atoms with E-state index in [9.17, 15) is 0 Å². The number of rotatable bonds is 1. The van der Waals surface area contributed by atoms with Gasteiger partial charge in [-0.2, -0.15) is 0 Å². The van der Waals surface area contributed by atoms with E-state index >= 15 is 0 Å². The Hall–Kier alpha value is -0.780. The third kappa shape index (κ3) is 1.06. The molecule has 12 heavy (non-hydrogen) atoms. The Bertz CT molecular complexity index is 275. The van der Waals surface area contributed by atoms with Crippen LogP contribution in [0, 0.1) is 5.92 Å². The molecule has 0 nitrogen and oxygen atoms in total. The maximum atomic E-state index is 2.37. The monoisotopic (exact) mass is 160 g/mol. The van der Waals surface area contributed by atoms with Crippen LogP contribution in [-0.4, -0.2) is 0 Å². The van der Waals surface area contributed by atoms with Crippen molar-refractivity contribution in [2.75, 3.05) is 0 Å². The van der Waals surface area contributed by atoms with E-state index in [2.05, 4.69) is 38.1 Å². The molecule has 2 rings (SSSR count). The first-order valence-electron chi connectivity index (χ1n) is 4.90. The lowest BCUT2D eigenvalue weighted by Crippen LogP contribution is -2.01. The third-order valence-electron chi connectivity index (χ3n) is 3.12. The van der Waals surface area contributed by atoms with Gasteiger partial charge in [0.2, 0.25) is 0 Å². The molecular formula is C12H16. The Morgan fingerprint density at radius 3 is 2.83 bits per heavy atom. The van der Waals surface area contributed by atoms with Gasteiger partial charge in [0.05, 0.1) is 0 Å². The highest BCUT2D eigenvalue weighted by atomic mass is 14.3. The fourth-order valence-corrected chi connectivity index (χ4v) is 2.50. The molecule has 0 amide bonds. The molecule has 0 heteroatoms. The molecule has 64 valence electrons. The topological polar surface area (TPSA) is 0 Å². The molecule has 0 radical (unpaired) electrons. The molecule has 0 aliphatic heterocycles. The highest BCUT2D eigenvalue weighted by molar-refractivity contribution is 5.35. The van der Waals surface area contributed by atoms with Gasteiger partial charge in [-0.15, -0.1) is 0 Å². The average molecular weight is 160 g/mol. The van der Waals surface area contributed by atoms with Crippen LogP contribution in [-0.2, 0) is 6.42 Å². The van der Waals surface area contributed by atoms with Crippen LogP contribution in [0.5, 0.6) is 0 Å². The van der Waals surface area contributed by atoms with Crippen molar-refractivity contribution in [1.29, 1.82) is 0 Å². The van der Waals surface area contributed by atoms with Gasteiger partial charge >= 0.3 is 0 Å². The predicted octanol–water partition coefficient (Wildman–Crippen LogP) is 3.37. The van der Waals surface area contributed by atoms with Crippen molar-refractivity contribution in [3.8, 4) is 0 Å². The van der Waals surface area contributed by atoms with Gasteiger partial charge in [0, 0.05) is 0 Å². The zero-order valence-electron chi connectivity index (χ0n) is 7.88. The summed E-state index contributed by atoms with van der Waals surface area (Å²) in [5.41, 5.74) is 3.18. The van der Waals surface area contributed by atoms with Crippen LogP contribution in [0.1, 0.15) is 37.3 Å². The summed E-state index contributed by atoms with van der Waals surface area (Å²) >= 11 is 0. The van der Waals surface area contributed by atoms with Crippen LogP contribution in [0.3, 0.4) is 0 Å². The molecule has 0 N–H and O–H groups in total. The van der Waals surface area contributed by atoms with Gasteiger partial charge in [0.25, 0.3) is 0 Å². The van der Waals surface area contributed by atoms with E-state index in [4.69, 9.17) is 0 Å². The standard InChI is InChI=1S/C12H16/c1-3-11-9(2)8-10-6-4-5-7-12(10)11/h4-7,9,11H,3,8H2,1-2H3.